The largest absolute Gasteiger partial charge is 0.393 e. The summed E-state index contributed by atoms with van der Waals surface area (Å²) < 4.78 is 13.2. The molecule has 0 aliphatic heterocycles. The molecule has 4 nitrogen and oxygen atoms in total. The molecule has 0 bridgehead atoms. The van der Waals surface area contributed by atoms with Gasteiger partial charge in [0.2, 0.25) is 0 Å². The molecule has 0 aliphatic rings. The van der Waals surface area contributed by atoms with Gasteiger partial charge in [-0.3, -0.25) is 10.1 Å². The summed E-state index contributed by atoms with van der Waals surface area (Å²) in [5.74, 6) is -0.406. The van der Waals surface area contributed by atoms with Gasteiger partial charge in [0.25, 0.3) is 5.69 Å². The highest BCUT2D eigenvalue weighted by molar-refractivity contribution is 6.19. The van der Waals surface area contributed by atoms with Crippen molar-refractivity contribution in [1.29, 1.82) is 0 Å². The number of nitro benzene ring substituents is 1. The van der Waals surface area contributed by atoms with Gasteiger partial charge in [-0.05, 0) is 0 Å². The molecule has 0 atom stereocenters. The van der Waals surface area contributed by atoms with Gasteiger partial charge in [0.1, 0.15) is 11.5 Å². The van der Waals surface area contributed by atoms with Crippen LogP contribution in [0, 0.1) is 15.9 Å². The van der Waals surface area contributed by atoms with E-state index in [0.717, 1.165) is 12.1 Å². The Morgan fingerprint density at radius 3 is 2.80 bits per heavy atom. The minimum absolute atomic E-state index is 0.0940. The van der Waals surface area contributed by atoms with Crippen LogP contribution in [0.5, 0.6) is 0 Å². The average molecular weight is 231 g/mol. The van der Waals surface area contributed by atoms with Crippen molar-refractivity contribution in [2.24, 2.45) is 0 Å². The van der Waals surface area contributed by atoms with E-state index in [1.165, 1.54) is 12.2 Å². The van der Waals surface area contributed by atoms with Crippen LogP contribution < -0.4 is 5.73 Å². The fraction of sp³-hybridized carbons (Fsp3) is 0.111. The van der Waals surface area contributed by atoms with Gasteiger partial charge in [-0.15, -0.1) is 11.6 Å². The first-order valence-electron chi connectivity index (χ1n) is 4.02. The zero-order valence-corrected chi connectivity index (χ0v) is 8.37. The third-order valence-corrected chi connectivity index (χ3v) is 1.91. The molecule has 0 fully saturated rings. The Bertz CT molecular complexity index is 421. The third kappa shape index (κ3) is 2.66. The maximum Gasteiger partial charge on any atom is 0.292 e. The Morgan fingerprint density at radius 1 is 1.60 bits per heavy atom. The molecule has 15 heavy (non-hydrogen) atoms. The van der Waals surface area contributed by atoms with Crippen molar-refractivity contribution in [3.05, 3.63) is 39.7 Å². The van der Waals surface area contributed by atoms with E-state index < -0.39 is 10.7 Å². The minimum atomic E-state index is -0.660. The van der Waals surface area contributed by atoms with Gasteiger partial charge in [-0.2, -0.15) is 0 Å². The monoisotopic (exact) mass is 230 g/mol. The summed E-state index contributed by atoms with van der Waals surface area (Å²) in [4.78, 5) is 9.85. The Kier molecular flexibility index (Phi) is 3.62. The van der Waals surface area contributed by atoms with E-state index in [0.29, 0.717) is 0 Å². The number of nitrogens with zero attached hydrogens (tertiary/aromatic N) is 1. The molecule has 0 spiro atoms. The van der Waals surface area contributed by atoms with E-state index in [2.05, 4.69) is 0 Å². The van der Waals surface area contributed by atoms with Crippen LogP contribution in [0.15, 0.2) is 18.2 Å². The zero-order chi connectivity index (χ0) is 11.4. The van der Waals surface area contributed by atoms with Gasteiger partial charge in [0, 0.05) is 23.6 Å². The molecule has 0 unspecified atom stereocenters. The molecule has 0 aromatic heterocycles. The van der Waals surface area contributed by atoms with E-state index >= 15 is 0 Å². The fourth-order valence-corrected chi connectivity index (χ4v) is 1.14. The number of allylic oxidation sites excluding steroid dienone is 1. The summed E-state index contributed by atoms with van der Waals surface area (Å²) in [5, 5.41) is 10.5. The third-order valence-electron chi connectivity index (χ3n) is 1.73. The Morgan fingerprint density at radius 2 is 2.27 bits per heavy atom. The van der Waals surface area contributed by atoms with Gasteiger partial charge in [0.15, 0.2) is 0 Å². The standard InChI is InChI=1S/C9H8ClFN2O2/c10-3-1-2-6-4-9(13(14)15)8(12)5-7(6)11/h1-2,4-5H,3,12H2. The molecule has 0 saturated heterocycles. The van der Waals surface area contributed by atoms with E-state index in [1.54, 1.807) is 0 Å². The summed E-state index contributed by atoms with van der Waals surface area (Å²) in [6, 6.07) is 2.00. The summed E-state index contributed by atoms with van der Waals surface area (Å²) >= 11 is 5.37. The molecule has 1 rings (SSSR count). The predicted molar refractivity (Wildman–Crippen MR) is 57.2 cm³/mol. The van der Waals surface area contributed by atoms with E-state index in [9.17, 15) is 14.5 Å². The van der Waals surface area contributed by atoms with Crippen LogP contribution in [0.25, 0.3) is 6.08 Å². The summed E-state index contributed by atoms with van der Waals surface area (Å²) in [6.07, 6.45) is 2.86. The van der Waals surface area contributed by atoms with Crippen molar-refractivity contribution in [2.45, 2.75) is 0 Å². The topological polar surface area (TPSA) is 69.2 Å². The predicted octanol–water partition coefficient (Wildman–Crippen LogP) is 2.57. The van der Waals surface area contributed by atoms with Crippen molar-refractivity contribution < 1.29 is 9.31 Å². The summed E-state index contributed by atoms with van der Waals surface area (Å²) in [6.45, 7) is 0. The lowest BCUT2D eigenvalue weighted by Crippen LogP contribution is -1.98. The van der Waals surface area contributed by atoms with Crippen LogP contribution in [0.1, 0.15) is 5.56 Å². The lowest BCUT2D eigenvalue weighted by atomic mass is 10.1. The van der Waals surface area contributed by atoms with E-state index in [4.69, 9.17) is 17.3 Å². The molecule has 80 valence electrons. The first-order valence-corrected chi connectivity index (χ1v) is 4.55. The average Bonchev–Trinajstić information content (AvgIpc) is 2.16. The van der Waals surface area contributed by atoms with E-state index in [-0.39, 0.29) is 22.8 Å². The normalized spacial score (nSPS) is 10.8. The van der Waals surface area contributed by atoms with Gasteiger partial charge < -0.3 is 5.73 Å². The smallest absolute Gasteiger partial charge is 0.292 e. The minimum Gasteiger partial charge on any atom is -0.393 e. The number of nitrogen functional groups attached to an aromatic ring is 1. The first kappa shape index (κ1) is 11.5. The molecule has 2 N–H and O–H groups in total. The van der Waals surface area contributed by atoms with E-state index in [1.807, 2.05) is 0 Å². The Balaban J connectivity index is 3.23. The van der Waals surface area contributed by atoms with Gasteiger partial charge in [-0.1, -0.05) is 12.2 Å². The fourth-order valence-electron chi connectivity index (χ4n) is 1.05. The highest BCUT2D eigenvalue weighted by Crippen LogP contribution is 2.25. The van der Waals surface area contributed by atoms with Crippen LogP contribution in [0.2, 0.25) is 0 Å². The molecule has 1 aromatic rings. The number of anilines is 1. The van der Waals surface area contributed by atoms with Crippen LogP contribution in [0.3, 0.4) is 0 Å². The molecule has 0 heterocycles. The molecule has 0 saturated carbocycles. The Hall–Kier alpha value is -1.62. The molecule has 0 radical (unpaired) electrons. The number of benzene rings is 1. The van der Waals surface area contributed by atoms with Crippen LogP contribution in [-0.2, 0) is 0 Å². The highest BCUT2D eigenvalue weighted by atomic mass is 35.5. The molecule has 1 aromatic carbocycles. The van der Waals surface area contributed by atoms with Gasteiger partial charge in [-0.25, -0.2) is 4.39 Å². The van der Waals surface area contributed by atoms with Crippen molar-refractivity contribution in [2.75, 3.05) is 11.6 Å². The second-order valence-electron chi connectivity index (χ2n) is 2.75. The van der Waals surface area contributed by atoms with Crippen molar-refractivity contribution in [3.63, 3.8) is 0 Å². The molecular weight excluding hydrogens is 223 g/mol. The Labute approximate surface area is 90.3 Å². The molecular formula is C9H8ClFN2O2. The van der Waals surface area contributed by atoms with Gasteiger partial charge in [0.05, 0.1) is 4.92 Å². The number of nitro groups is 1. The SMILES string of the molecule is Nc1cc(F)c(C=CCCl)cc1[N+](=O)[O-]. The highest BCUT2D eigenvalue weighted by Gasteiger charge is 2.14. The van der Waals surface area contributed by atoms with Crippen molar-refractivity contribution in [3.8, 4) is 0 Å². The molecule has 0 aliphatic carbocycles. The molecule has 0 amide bonds. The van der Waals surface area contributed by atoms with Crippen LogP contribution in [-0.4, -0.2) is 10.8 Å². The van der Waals surface area contributed by atoms with Crippen molar-refractivity contribution >= 4 is 29.1 Å². The lowest BCUT2D eigenvalue weighted by Gasteiger charge is -2.00. The first-order chi connectivity index (χ1) is 7.06. The number of rotatable bonds is 3. The summed E-state index contributed by atoms with van der Waals surface area (Å²) in [7, 11) is 0. The van der Waals surface area contributed by atoms with Crippen LogP contribution >= 0.6 is 11.6 Å². The number of hydrogen-bond donors (Lipinski definition) is 1. The second-order valence-corrected chi connectivity index (χ2v) is 3.05. The number of hydrogen-bond acceptors (Lipinski definition) is 3. The van der Waals surface area contributed by atoms with Crippen molar-refractivity contribution in [1.82, 2.24) is 0 Å². The number of halogens is 2. The maximum absolute atomic E-state index is 13.2. The lowest BCUT2D eigenvalue weighted by molar-refractivity contribution is -0.383. The number of alkyl halides is 1. The van der Waals surface area contributed by atoms with Gasteiger partial charge >= 0.3 is 0 Å². The number of nitrogens with two attached hydrogens (primary N) is 1. The molecule has 6 heteroatoms. The summed E-state index contributed by atoms with van der Waals surface area (Å²) in [5.41, 5.74) is 4.87. The van der Waals surface area contributed by atoms with Crippen LogP contribution in [0.4, 0.5) is 15.8 Å². The zero-order valence-electron chi connectivity index (χ0n) is 7.61. The second kappa shape index (κ2) is 4.75. The maximum atomic E-state index is 13.2. The quantitative estimate of drug-likeness (QED) is 0.376.